The lowest BCUT2D eigenvalue weighted by Gasteiger charge is -2.17. The van der Waals surface area contributed by atoms with Gasteiger partial charge in [-0.2, -0.15) is 0 Å². The summed E-state index contributed by atoms with van der Waals surface area (Å²) in [6.07, 6.45) is 0. The third-order valence-corrected chi connectivity index (χ3v) is 5.42. The zero-order chi connectivity index (χ0) is 16.1. The van der Waals surface area contributed by atoms with Gasteiger partial charge in [0.15, 0.2) is 0 Å². The molecule has 0 aliphatic carbocycles. The van der Waals surface area contributed by atoms with Crippen molar-refractivity contribution in [3.63, 3.8) is 0 Å². The molecule has 2 unspecified atom stereocenters. The van der Waals surface area contributed by atoms with Crippen LogP contribution in [0.2, 0.25) is 0 Å². The van der Waals surface area contributed by atoms with E-state index >= 15 is 0 Å². The summed E-state index contributed by atoms with van der Waals surface area (Å²) < 4.78 is 0. The molecule has 2 aromatic carbocycles. The third-order valence-electron chi connectivity index (χ3n) is 4.12. The monoisotopic (exact) mass is 422 g/mol. The van der Waals surface area contributed by atoms with Gasteiger partial charge in [0.1, 0.15) is 5.78 Å². The molecule has 0 radical (unpaired) electrons. The molecule has 22 heavy (non-hydrogen) atoms. The maximum Gasteiger partial charge on any atom is 0.147 e. The standard InChI is InChI=1S/C19H20Br2O/c1-13(17-7-3-15(11-20)4-8-17)19(22)14(2)18-9-5-16(12-21)6-10-18/h3-10,13-14H,11-12H2,1-2H3. The second kappa shape index (κ2) is 8.07. The van der Waals surface area contributed by atoms with Gasteiger partial charge in [-0.05, 0) is 22.3 Å². The van der Waals surface area contributed by atoms with E-state index in [-0.39, 0.29) is 17.6 Å². The number of alkyl halides is 2. The number of halogens is 2. The molecule has 0 N–H and O–H groups in total. The molecule has 0 amide bonds. The molecule has 0 bridgehead atoms. The molecule has 2 aromatic rings. The highest BCUT2D eigenvalue weighted by Crippen LogP contribution is 2.27. The lowest BCUT2D eigenvalue weighted by molar-refractivity contribution is -0.121. The van der Waals surface area contributed by atoms with E-state index in [2.05, 4.69) is 80.4 Å². The van der Waals surface area contributed by atoms with Crippen LogP contribution in [0, 0.1) is 0 Å². The van der Waals surface area contributed by atoms with Gasteiger partial charge in [0.25, 0.3) is 0 Å². The van der Waals surface area contributed by atoms with Gasteiger partial charge in [0, 0.05) is 22.5 Å². The Bertz CT molecular complexity index is 561. The van der Waals surface area contributed by atoms with Gasteiger partial charge in [-0.15, -0.1) is 0 Å². The van der Waals surface area contributed by atoms with Crippen LogP contribution in [0.25, 0.3) is 0 Å². The van der Waals surface area contributed by atoms with E-state index in [1.807, 2.05) is 13.8 Å². The van der Waals surface area contributed by atoms with E-state index in [9.17, 15) is 4.79 Å². The van der Waals surface area contributed by atoms with Crippen LogP contribution in [0.15, 0.2) is 48.5 Å². The number of ketones is 1. The first-order valence-electron chi connectivity index (χ1n) is 7.40. The van der Waals surface area contributed by atoms with E-state index in [1.165, 1.54) is 11.1 Å². The van der Waals surface area contributed by atoms with Crippen molar-refractivity contribution in [3.8, 4) is 0 Å². The normalized spacial score (nSPS) is 13.6. The fraction of sp³-hybridized carbons (Fsp3) is 0.316. The van der Waals surface area contributed by atoms with E-state index < -0.39 is 0 Å². The molecule has 0 saturated heterocycles. The van der Waals surface area contributed by atoms with Crippen molar-refractivity contribution in [2.24, 2.45) is 0 Å². The van der Waals surface area contributed by atoms with Crippen molar-refractivity contribution in [1.29, 1.82) is 0 Å². The maximum absolute atomic E-state index is 12.7. The first-order valence-corrected chi connectivity index (χ1v) is 9.64. The average molecular weight is 424 g/mol. The quantitative estimate of drug-likeness (QED) is 0.524. The van der Waals surface area contributed by atoms with E-state index in [0.717, 1.165) is 21.8 Å². The van der Waals surface area contributed by atoms with Gasteiger partial charge in [0.05, 0.1) is 0 Å². The Morgan fingerprint density at radius 3 is 1.36 bits per heavy atom. The van der Waals surface area contributed by atoms with Gasteiger partial charge in [-0.25, -0.2) is 0 Å². The summed E-state index contributed by atoms with van der Waals surface area (Å²) in [5.41, 5.74) is 4.61. The Hall–Kier alpha value is -0.930. The van der Waals surface area contributed by atoms with Crippen molar-refractivity contribution in [2.45, 2.75) is 36.3 Å². The zero-order valence-corrected chi connectivity index (χ0v) is 16.0. The Labute approximate surface area is 149 Å². The van der Waals surface area contributed by atoms with Crippen molar-refractivity contribution in [3.05, 3.63) is 70.8 Å². The third kappa shape index (κ3) is 4.08. The molecule has 2 rings (SSSR count). The fourth-order valence-corrected chi connectivity index (χ4v) is 3.24. The van der Waals surface area contributed by atoms with Crippen LogP contribution in [-0.2, 0) is 15.5 Å². The molecule has 0 aliphatic heterocycles. The summed E-state index contributed by atoms with van der Waals surface area (Å²) in [6.45, 7) is 3.99. The topological polar surface area (TPSA) is 17.1 Å². The Morgan fingerprint density at radius 1 is 0.773 bits per heavy atom. The minimum absolute atomic E-state index is 0.0878. The molecular formula is C19H20Br2O. The van der Waals surface area contributed by atoms with Gasteiger partial charge < -0.3 is 0 Å². The largest absolute Gasteiger partial charge is 0.298 e. The number of rotatable bonds is 6. The minimum atomic E-state index is -0.0878. The molecule has 0 fully saturated rings. The molecule has 3 heteroatoms. The first-order chi connectivity index (χ1) is 10.6. The van der Waals surface area contributed by atoms with Crippen LogP contribution in [0.5, 0.6) is 0 Å². The van der Waals surface area contributed by atoms with Gasteiger partial charge >= 0.3 is 0 Å². The predicted molar refractivity (Wildman–Crippen MR) is 100.0 cm³/mol. The Kier molecular flexibility index (Phi) is 6.39. The van der Waals surface area contributed by atoms with Crippen LogP contribution >= 0.6 is 31.9 Å². The van der Waals surface area contributed by atoms with Crippen molar-refractivity contribution < 1.29 is 4.79 Å². The summed E-state index contributed by atoms with van der Waals surface area (Å²) in [5, 5.41) is 1.68. The molecule has 0 aliphatic rings. The molecule has 0 spiro atoms. The lowest BCUT2D eigenvalue weighted by atomic mass is 9.85. The van der Waals surface area contributed by atoms with Crippen molar-refractivity contribution in [1.82, 2.24) is 0 Å². The smallest absolute Gasteiger partial charge is 0.147 e. The predicted octanol–water partition coefficient (Wildman–Crippen LogP) is 5.95. The second-order valence-corrected chi connectivity index (χ2v) is 6.72. The van der Waals surface area contributed by atoms with E-state index in [1.54, 1.807) is 0 Å². The summed E-state index contributed by atoms with van der Waals surface area (Å²) >= 11 is 6.89. The number of hydrogen-bond donors (Lipinski definition) is 0. The molecule has 0 heterocycles. The van der Waals surface area contributed by atoms with Crippen LogP contribution < -0.4 is 0 Å². The summed E-state index contributed by atoms with van der Waals surface area (Å²) in [6, 6.07) is 16.5. The van der Waals surface area contributed by atoms with Gasteiger partial charge in [0.2, 0.25) is 0 Å². The minimum Gasteiger partial charge on any atom is -0.298 e. The van der Waals surface area contributed by atoms with Crippen LogP contribution in [-0.4, -0.2) is 5.78 Å². The zero-order valence-electron chi connectivity index (χ0n) is 12.9. The summed E-state index contributed by atoms with van der Waals surface area (Å²) in [4.78, 5) is 12.7. The molecule has 0 saturated carbocycles. The van der Waals surface area contributed by atoms with Crippen molar-refractivity contribution in [2.75, 3.05) is 0 Å². The number of carbonyl (C=O) groups is 1. The average Bonchev–Trinajstić information content (AvgIpc) is 2.60. The first kappa shape index (κ1) is 17.4. The highest BCUT2D eigenvalue weighted by Gasteiger charge is 2.22. The van der Waals surface area contributed by atoms with E-state index in [0.29, 0.717) is 0 Å². The van der Waals surface area contributed by atoms with Crippen molar-refractivity contribution >= 4 is 37.6 Å². The summed E-state index contributed by atoms with van der Waals surface area (Å²) in [7, 11) is 0. The molecule has 2 atom stereocenters. The molecule has 1 nitrogen and oxygen atoms in total. The molecule has 116 valence electrons. The van der Waals surface area contributed by atoms with Crippen LogP contribution in [0.3, 0.4) is 0 Å². The van der Waals surface area contributed by atoms with Crippen LogP contribution in [0.1, 0.15) is 47.9 Å². The fourth-order valence-electron chi connectivity index (χ4n) is 2.49. The molecule has 0 aromatic heterocycles. The summed E-state index contributed by atoms with van der Waals surface area (Å²) in [5.74, 6) is 0.0867. The number of Topliss-reactive ketones (excluding diaryl/α,β-unsaturated/α-hetero) is 1. The molecular weight excluding hydrogens is 404 g/mol. The van der Waals surface area contributed by atoms with Crippen LogP contribution in [0.4, 0.5) is 0 Å². The SMILES string of the molecule is CC(C(=O)C(C)c1ccc(CBr)cc1)c1ccc(CBr)cc1. The Morgan fingerprint density at radius 2 is 1.09 bits per heavy atom. The van der Waals surface area contributed by atoms with E-state index in [4.69, 9.17) is 0 Å². The maximum atomic E-state index is 12.7. The van der Waals surface area contributed by atoms with Gasteiger partial charge in [-0.1, -0.05) is 94.2 Å². The number of benzene rings is 2. The highest BCUT2D eigenvalue weighted by molar-refractivity contribution is 9.08. The Balaban J connectivity index is 2.13. The lowest BCUT2D eigenvalue weighted by Crippen LogP contribution is -2.16. The number of hydrogen-bond acceptors (Lipinski definition) is 1. The van der Waals surface area contributed by atoms with Gasteiger partial charge in [-0.3, -0.25) is 4.79 Å². The highest BCUT2D eigenvalue weighted by atomic mass is 79.9. The number of carbonyl (C=O) groups excluding carboxylic acids is 1. The second-order valence-electron chi connectivity index (χ2n) is 5.60.